The Morgan fingerprint density at radius 2 is 1.96 bits per heavy atom. The van der Waals surface area contributed by atoms with E-state index in [9.17, 15) is 15.0 Å². The van der Waals surface area contributed by atoms with Gasteiger partial charge >= 0.3 is 6.09 Å². The lowest BCUT2D eigenvalue weighted by Crippen LogP contribution is -2.41. The predicted molar refractivity (Wildman–Crippen MR) is 96.8 cm³/mol. The van der Waals surface area contributed by atoms with Crippen LogP contribution in [0.3, 0.4) is 0 Å². The highest BCUT2D eigenvalue weighted by molar-refractivity contribution is 5.68. The number of hydrogen-bond donors (Lipinski definition) is 3. The average molecular weight is 350 g/mol. The molecule has 1 aliphatic heterocycles. The molecule has 1 fully saturated rings. The molecule has 0 radical (unpaired) electrons. The maximum atomic E-state index is 12.3. The number of rotatable bonds is 5. The number of aromatic hydroxyl groups is 2. The van der Waals surface area contributed by atoms with Gasteiger partial charge in [-0.25, -0.2) is 4.79 Å². The molecule has 1 aromatic rings. The van der Waals surface area contributed by atoms with Crippen molar-refractivity contribution < 1.29 is 19.7 Å². The van der Waals surface area contributed by atoms with Gasteiger partial charge in [0.05, 0.1) is 0 Å². The fourth-order valence-corrected chi connectivity index (χ4v) is 3.15. The Bertz CT molecular complexity index is 577. The molecule has 0 aliphatic carbocycles. The number of amides is 1. The van der Waals surface area contributed by atoms with Crippen LogP contribution in [-0.2, 0) is 4.74 Å². The van der Waals surface area contributed by atoms with Gasteiger partial charge in [-0.15, -0.1) is 0 Å². The molecule has 2 unspecified atom stereocenters. The fraction of sp³-hybridized carbons (Fsp3) is 0.632. The molecule has 0 bridgehead atoms. The van der Waals surface area contributed by atoms with Crippen LogP contribution in [0.5, 0.6) is 11.5 Å². The first-order chi connectivity index (χ1) is 11.7. The minimum absolute atomic E-state index is 0.00520. The number of carbonyl (C=O) groups is 1. The predicted octanol–water partition coefficient (Wildman–Crippen LogP) is 3.54. The van der Waals surface area contributed by atoms with E-state index in [2.05, 4.69) is 5.32 Å². The number of benzene rings is 1. The molecule has 1 amide bonds. The summed E-state index contributed by atoms with van der Waals surface area (Å²) >= 11 is 0. The first-order valence-corrected chi connectivity index (χ1v) is 8.91. The molecule has 2 rings (SSSR count). The first kappa shape index (κ1) is 19.4. The summed E-state index contributed by atoms with van der Waals surface area (Å²) in [5.74, 6) is 0.103. The van der Waals surface area contributed by atoms with Crippen LogP contribution in [0.2, 0.25) is 0 Å². The number of phenolic OH excluding ortho intramolecular Hbond substituents is 2. The largest absolute Gasteiger partial charge is 0.508 e. The second kappa shape index (κ2) is 7.95. The molecule has 0 spiro atoms. The molecular weight excluding hydrogens is 320 g/mol. The van der Waals surface area contributed by atoms with Crippen molar-refractivity contribution in [1.29, 1.82) is 0 Å². The Balaban J connectivity index is 1.84. The van der Waals surface area contributed by atoms with Crippen LogP contribution in [0.15, 0.2) is 18.2 Å². The average Bonchev–Trinajstić information content (AvgIpc) is 2.93. The highest BCUT2D eigenvalue weighted by atomic mass is 16.6. The van der Waals surface area contributed by atoms with Crippen LogP contribution in [0, 0.1) is 0 Å². The third-order valence-corrected chi connectivity index (χ3v) is 4.36. The quantitative estimate of drug-likeness (QED) is 0.757. The van der Waals surface area contributed by atoms with Gasteiger partial charge in [-0.05, 0) is 71.2 Å². The van der Waals surface area contributed by atoms with Gasteiger partial charge in [0.2, 0.25) is 0 Å². The standard InChI is InChI=1S/C19H30N2O4/c1-13(14-10-16(22)12-17(23)11-14)20-8-7-15-6-5-9-21(15)18(24)25-19(2,3)4/h10-13,15,20,22-23H,5-9H2,1-4H3. The van der Waals surface area contributed by atoms with E-state index in [-0.39, 0.29) is 29.7 Å². The van der Waals surface area contributed by atoms with Crippen molar-refractivity contribution in [2.45, 2.75) is 64.6 Å². The smallest absolute Gasteiger partial charge is 0.410 e. The first-order valence-electron chi connectivity index (χ1n) is 8.91. The van der Waals surface area contributed by atoms with E-state index in [1.54, 1.807) is 12.1 Å². The Labute approximate surface area is 149 Å². The van der Waals surface area contributed by atoms with E-state index in [1.165, 1.54) is 6.07 Å². The summed E-state index contributed by atoms with van der Waals surface area (Å²) < 4.78 is 5.49. The Kier molecular flexibility index (Phi) is 6.16. The van der Waals surface area contributed by atoms with Gasteiger partial charge in [-0.3, -0.25) is 0 Å². The summed E-state index contributed by atoms with van der Waals surface area (Å²) in [7, 11) is 0. The number of nitrogens with zero attached hydrogens (tertiary/aromatic N) is 1. The second-order valence-corrected chi connectivity index (χ2v) is 7.72. The van der Waals surface area contributed by atoms with Gasteiger partial charge in [-0.2, -0.15) is 0 Å². The van der Waals surface area contributed by atoms with E-state index in [4.69, 9.17) is 4.74 Å². The summed E-state index contributed by atoms with van der Waals surface area (Å²) in [6.07, 6.45) is 2.59. The van der Waals surface area contributed by atoms with Crippen molar-refractivity contribution in [2.75, 3.05) is 13.1 Å². The van der Waals surface area contributed by atoms with Gasteiger partial charge in [-0.1, -0.05) is 0 Å². The number of hydrogen-bond acceptors (Lipinski definition) is 5. The zero-order chi connectivity index (χ0) is 18.6. The summed E-state index contributed by atoms with van der Waals surface area (Å²) in [6.45, 7) is 9.10. The van der Waals surface area contributed by atoms with Crippen molar-refractivity contribution >= 4 is 6.09 Å². The number of nitrogens with one attached hydrogen (secondary N) is 1. The topological polar surface area (TPSA) is 82.0 Å². The van der Waals surface area contributed by atoms with Gasteiger partial charge in [0.15, 0.2) is 0 Å². The monoisotopic (exact) mass is 350 g/mol. The maximum absolute atomic E-state index is 12.3. The molecule has 6 heteroatoms. The summed E-state index contributed by atoms with van der Waals surface area (Å²) in [4.78, 5) is 14.1. The summed E-state index contributed by atoms with van der Waals surface area (Å²) in [5.41, 5.74) is 0.349. The zero-order valence-corrected chi connectivity index (χ0v) is 15.6. The third kappa shape index (κ3) is 5.81. The molecule has 1 heterocycles. The van der Waals surface area contributed by atoms with Gasteiger partial charge in [0.25, 0.3) is 0 Å². The van der Waals surface area contributed by atoms with Crippen molar-refractivity contribution in [3.05, 3.63) is 23.8 Å². The van der Waals surface area contributed by atoms with Gasteiger partial charge in [0.1, 0.15) is 17.1 Å². The molecule has 1 saturated heterocycles. The Morgan fingerprint density at radius 1 is 1.32 bits per heavy atom. The Hall–Kier alpha value is -1.95. The van der Waals surface area contributed by atoms with Crippen molar-refractivity contribution in [1.82, 2.24) is 10.2 Å². The molecular formula is C19H30N2O4. The van der Waals surface area contributed by atoms with Crippen LogP contribution in [-0.4, -0.2) is 45.9 Å². The van der Waals surface area contributed by atoms with E-state index < -0.39 is 5.60 Å². The number of likely N-dealkylation sites (tertiary alicyclic amines) is 1. The highest BCUT2D eigenvalue weighted by Gasteiger charge is 2.31. The van der Waals surface area contributed by atoms with Gasteiger partial charge in [0, 0.05) is 24.7 Å². The second-order valence-electron chi connectivity index (χ2n) is 7.72. The molecule has 1 aromatic carbocycles. The number of phenols is 2. The maximum Gasteiger partial charge on any atom is 0.410 e. The minimum atomic E-state index is -0.478. The molecule has 140 valence electrons. The van der Waals surface area contributed by atoms with E-state index in [0.717, 1.165) is 37.9 Å². The molecule has 2 atom stereocenters. The zero-order valence-electron chi connectivity index (χ0n) is 15.6. The Morgan fingerprint density at radius 3 is 2.56 bits per heavy atom. The van der Waals surface area contributed by atoms with Crippen LogP contribution in [0.25, 0.3) is 0 Å². The van der Waals surface area contributed by atoms with E-state index in [1.807, 2.05) is 32.6 Å². The van der Waals surface area contributed by atoms with Gasteiger partial charge < -0.3 is 25.2 Å². The van der Waals surface area contributed by atoms with E-state index >= 15 is 0 Å². The minimum Gasteiger partial charge on any atom is -0.508 e. The lowest BCUT2D eigenvalue weighted by atomic mass is 10.1. The SMILES string of the molecule is CC(NCCC1CCCN1C(=O)OC(C)(C)C)c1cc(O)cc(O)c1. The number of ether oxygens (including phenoxy) is 1. The van der Waals surface area contributed by atoms with Crippen LogP contribution < -0.4 is 5.32 Å². The van der Waals surface area contributed by atoms with Crippen molar-refractivity contribution in [2.24, 2.45) is 0 Å². The lowest BCUT2D eigenvalue weighted by Gasteiger charge is -2.29. The highest BCUT2D eigenvalue weighted by Crippen LogP contribution is 2.26. The molecule has 3 N–H and O–H groups in total. The molecule has 1 aliphatic rings. The van der Waals surface area contributed by atoms with Crippen LogP contribution in [0.1, 0.15) is 58.6 Å². The normalized spacial score (nSPS) is 19.0. The summed E-state index contributed by atoms with van der Waals surface area (Å²) in [6, 6.07) is 4.77. The fourth-order valence-electron chi connectivity index (χ4n) is 3.15. The van der Waals surface area contributed by atoms with Crippen molar-refractivity contribution in [3.8, 4) is 11.5 Å². The summed E-state index contributed by atoms with van der Waals surface area (Å²) in [5, 5.41) is 22.6. The molecule has 0 saturated carbocycles. The molecule has 0 aromatic heterocycles. The van der Waals surface area contributed by atoms with E-state index in [0.29, 0.717) is 0 Å². The lowest BCUT2D eigenvalue weighted by molar-refractivity contribution is 0.0220. The van der Waals surface area contributed by atoms with Crippen LogP contribution in [0.4, 0.5) is 4.79 Å². The third-order valence-electron chi connectivity index (χ3n) is 4.36. The molecule has 6 nitrogen and oxygen atoms in total. The number of carbonyl (C=O) groups excluding carboxylic acids is 1. The van der Waals surface area contributed by atoms with Crippen LogP contribution >= 0.6 is 0 Å². The molecule has 25 heavy (non-hydrogen) atoms. The van der Waals surface area contributed by atoms with Crippen molar-refractivity contribution in [3.63, 3.8) is 0 Å².